The van der Waals surface area contributed by atoms with E-state index in [0.29, 0.717) is 37.3 Å². The number of H-pyrrole nitrogens is 1. The number of aromatic nitrogens is 1. The van der Waals surface area contributed by atoms with E-state index in [1.54, 1.807) is 0 Å². The number of aromatic amines is 1. The van der Waals surface area contributed by atoms with Crippen LogP contribution in [0.2, 0.25) is 0 Å². The van der Waals surface area contributed by atoms with Crippen molar-refractivity contribution in [3.05, 3.63) is 30.5 Å². The molecule has 4 aliphatic carbocycles. The van der Waals surface area contributed by atoms with Crippen molar-refractivity contribution in [3.8, 4) is 5.75 Å². The maximum absolute atomic E-state index is 14.1. The summed E-state index contributed by atoms with van der Waals surface area (Å²) in [6.45, 7) is 10.8. The minimum absolute atomic E-state index is 0.0150. The van der Waals surface area contributed by atoms with Crippen molar-refractivity contribution >= 4 is 22.8 Å². The molecule has 8 nitrogen and oxygen atoms in total. The number of carbonyl (C=O) groups is 2. The van der Waals surface area contributed by atoms with Gasteiger partial charge in [-0.3, -0.25) is 4.79 Å². The second kappa shape index (κ2) is 13.3. The van der Waals surface area contributed by atoms with Crippen molar-refractivity contribution in [2.45, 2.75) is 96.9 Å². The molecule has 8 heteroatoms. The van der Waals surface area contributed by atoms with Crippen LogP contribution in [0.5, 0.6) is 5.75 Å². The zero-order chi connectivity index (χ0) is 32.8. The Labute approximate surface area is 281 Å². The molecule has 2 aliphatic heterocycles. The number of aliphatic hydroxyl groups is 1. The highest BCUT2D eigenvalue weighted by atomic mass is 16.5. The summed E-state index contributed by atoms with van der Waals surface area (Å²) in [6.07, 6.45) is 14.4. The second-order valence-electron chi connectivity index (χ2n) is 17.1. The van der Waals surface area contributed by atoms with Crippen LogP contribution in [0.25, 0.3) is 10.9 Å². The Balaban J connectivity index is 0.910. The molecule has 4 bridgehead atoms. The molecule has 8 rings (SSSR count). The van der Waals surface area contributed by atoms with E-state index in [4.69, 9.17) is 4.74 Å². The highest BCUT2D eigenvalue weighted by molar-refractivity contribution is 5.85. The van der Waals surface area contributed by atoms with Crippen LogP contribution < -0.4 is 4.74 Å². The number of fused-ring (bicyclic) bond motifs is 1. The van der Waals surface area contributed by atoms with E-state index in [2.05, 4.69) is 35.6 Å². The first-order valence-corrected chi connectivity index (χ1v) is 18.8. The lowest BCUT2D eigenvalue weighted by Gasteiger charge is -2.57. The number of nitrogens with one attached hydrogen (secondary N) is 1. The number of hydrogen-bond donors (Lipinski definition) is 2. The molecule has 258 valence electrons. The third kappa shape index (κ3) is 6.78. The van der Waals surface area contributed by atoms with Crippen molar-refractivity contribution in [3.63, 3.8) is 0 Å². The normalized spacial score (nSPS) is 29.0. The number of benzene rings is 1. The molecule has 1 unspecified atom stereocenters. The van der Waals surface area contributed by atoms with Gasteiger partial charge in [-0.25, -0.2) is 4.79 Å². The molecule has 0 spiro atoms. The van der Waals surface area contributed by atoms with Gasteiger partial charge in [0.1, 0.15) is 5.75 Å². The fourth-order valence-electron chi connectivity index (χ4n) is 10.7. The molecule has 6 fully saturated rings. The van der Waals surface area contributed by atoms with Gasteiger partial charge in [0.2, 0.25) is 5.91 Å². The van der Waals surface area contributed by atoms with Gasteiger partial charge in [-0.1, -0.05) is 6.07 Å². The maximum atomic E-state index is 14.1. The zero-order valence-corrected chi connectivity index (χ0v) is 29.1. The van der Waals surface area contributed by atoms with Gasteiger partial charge in [0.25, 0.3) is 0 Å². The molecule has 2 saturated heterocycles. The Morgan fingerprint density at radius 3 is 2.11 bits per heavy atom. The van der Waals surface area contributed by atoms with Crippen molar-refractivity contribution in [1.29, 1.82) is 0 Å². The van der Waals surface area contributed by atoms with E-state index in [1.807, 2.05) is 35.4 Å². The average Bonchev–Trinajstić information content (AvgIpc) is 3.54. The zero-order valence-electron chi connectivity index (χ0n) is 29.1. The van der Waals surface area contributed by atoms with Crippen LogP contribution in [0, 0.1) is 40.9 Å². The van der Waals surface area contributed by atoms with Crippen molar-refractivity contribution in [1.82, 2.24) is 19.7 Å². The molecular weight excluding hydrogens is 588 g/mol. The van der Waals surface area contributed by atoms with E-state index >= 15 is 0 Å². The fraction of sp³-hybridized carbons (Fsp3) is 0.744. The maximum Gasteiger partial charge on any atom is 0.320 e. The van der Waals surface area contributed by atoms with Crippen LogP contribution in [0.4, 0.5) is 4.79 Å². The van der Waals surface area contributed by atoms with Gasteiger partial charge >= 0.3 is 6.03 Å². The Kier molecular flexibility index (Phi) is 9.27. The van der Waals surface area contributed by atoms with Crippen LogP contribution in [-0.2, 0) is 4.79 Å². The van der Waals surface area contributed by atoms with E-state index in [-0.39, 0.29) is 29.5 Å². The number of carbonyl (C=O) groups excluding carboxylic acids is 2. The monoisotopic (exact) mass is 646 g/mol. The molecule has 1 atom stereocenters. The van der Waals surface area contributed by atoms with Crippen molar-refractivity contribution in [2.24, 2.45) is 40.9 Å². The molecule has 4 saturated carbocycles. The van der Waals surface area contributed by atoms with E-state index in [1.165, 1.54) is 19.3 Å². The Morgan fingerprint density at radius 2 is 1.53 bits per heavy atom. The minimum Gasteiger partial charge on any atom is -0.493 e. The average molecular weight is 647 g/mol. The highest BCUT2D eigenvalue weighted by Crippen LogP contribution is 2.60. The van der Waals surface area contributed by atoms with Crippen LogP contribution in [0.3, 0.4) is 0 Å². The third-order valence-corrected chi connectivity index (χ3v) is 12.8. The van der Waals surface area contributed by atoms with Crippen molar-refractivity contribution < 1.29 is 19.4 Å². The van der Waals surface area contributed by atoms with Gasteiger partial charge < -0.3 is 29.5 Å². The van der Waals surface area contributed by atoms with Crippen LogP contribution in [-0.4, -0.2) is 88.2 Å². The first-order valence-electron chi connectivity index (χ1n) is 18.8. The Morgan fingerprint density at radius 1 is 0.936 bits per heavy atom. The summed E-state index contributed by atoms with van der Waals surface area (Å²) < 4.78 is 6.29. The van der Waals surface area contributed by atoms with E-state index in [0.717, 1.165) is 106 Å². The smallest absolute Gasteiger partial charge is 0.320 e. The number of nitrogens with zero attached hydrogens (tertiary/aromatic N) is 3. The van der Waals surface area contributed by atoms with Crippen LogP contribution in [0.15, 0.2) is 30.5 Å². The number of amides is 3. The summed E-state index contributed by atoms with van der Waals surface area (Å²) in [5, 5.41) is 10.9. The van der Waals surface area contributed by atoms with Crippen LogP contribution in [0.1, 0.15) is 91.4 Å². The predicted molar refractivity (Wildman–Crippen MR) is 185 cm³/mol. The first kappa shape index (κ1) is 32.8. The first-order chi connectivity index (χ1) is 22.6. The largest absolute Gasteiger partial charge is 0.493 e. The molecule has 1 aromatic heterocycles. The molecule has 2 aromatic rings. The lowest BCUT2D eigenvalue weighted by Crippen LogP contribution is -2.56. The van der Waals surface area contributed by atoms with Crippen molar-refractivity contribution in [2.75, 3.05) is 45.9 Å². The molecule has 3 heterocycles. The summed E-state index contributed by atoms with van der Waals surface area (Å²) in [5.74, 6) is 5.06. The number of hydrogen-bond acceptors (Lipinski definition) is 4. The fourth-order valence-corrected chi connectivity index (χ4v) is 10.7. The summed E-state index contributed by atoms with van der Waals surface area (Å²) in [7, 11) is 0. The number of piperidine rings is 2. The summed E-state index contributed by atoms with van der Waals surface area (Å²) in [6, 6.07) is 8.11. The van der Waals surface area contributed by atoms with Gasteiger partial charge in [0.05, 0.1) is 12.0 Å². The molecule has 47 heavy (non-hydrogen) atoms. The SMILES string of the molecule is CC(C)(C)N(CC(CCO)COc1cccc2[nH]ccc12)C(=O)N1CCC(C2CCN(C(=O)C34CC5CC(CC(C5)C3)C4)CC2)CC1. The van der Waals surface area contributed by atoms with E-state index < -0.39 is 0 Å². The van der Waals surface area contributed by atoms with Crippen LogP contribution >= 0.6 is 0 Å². The van der Waals surface area contributed by atoms with Gasteiger partial charge in [-0.05, 0) is 139 Å². The van der Waals surface area contributed by atoms with E-state index in [9.17, 15) is 14.7 Å². The summed E-state index contributed by atoms with van der Waals surface area (Å²) in [5.41, 5.74) is 0.663. The van der Waals surface area contributed by atoms with Gasteiger partial charge in [-0.15, -0.1) is 0 Å². The van der Waals surface area contributed by atoms with Gasteiger partial charge in [-0.2, -0.15) is 0 Å². The predicted octanol–water partition coefficient (Wildman–Crippen LogP) is 6.93. The number of urea groups is 1. The number of rotatable bonds is 9. The Hall–Kier alpha value is -2.74. The molecule has 0 radical (unpaired) electrons. The second-order valence-corrected chi connectivity index (χ2v) is 17.1. The highest BCUT2D eigenvalue weighted by Gasteiger charge is 2.55. The van der Waals surface area contributed by atoms with Gasteiger partial charge in [0.15, 0.2) is 0 Å². The number of likely N-dealkylation sites (tertiary alicyclic amines) is 2. The molecule has 3 amide bonds. The number of aliphatic hydroxyl groups excluding tert-OH is 1. The number of ether oxygens (including phenoxy) is 1. The lowest BCUT2D eigenvalue weighted by molar-refractivity contribution is -0.159. The summed E-state index contributed by atoms with van der Waals surface area (Å²) in [4.78, 5) is 37.5. The lowest BCUT2D eigenvalue weighted by atomic mass is 9.49. The molecule has 1 aromatic carbocycles. The summed E-state index contributed by atoms with van der Waals surface area (Å²) >= 11 is 0. The molecule has 2 N–H and O–H groups in total. The standard InChI is InChI=1S/C39H58N4O4/c1-38(2,3)43(25-27(12-18-44)26-47-35-6-4-5-34-33(35)7-13-40-34)37(46)42-16-10-32(11-17-42)31-8-14-41(15-9-31)36(45)39-22-28-19-29(23-39)21-30(20-28)24-39/h4-7,13,27-32,40,44H,8-12,14-26H2,1-3H3. The quantitative estimate of drug-likeness (QED) is 0.309. The molecular formula is C39H58N4O4. The minimum atomic E-state index is -0.349. The third-order valence-electron chi connectivity index (χ3n) is 12.8. The molecule has 6 aliphatic rings. The van der Waals surface area contributed by atoms with Gasteiger partial charge in [0, 0.05) is 67.9 Å². The Bertz CT molecular complexity index is 1360. The topological polar surface area (TPSA) is 89.1 Å².